The molecule has 0 radical (unpaired) electrons. The topological polar surface area (TPSA) is 73.9 Å². The zero-order chi connectivity index (χ0) is 17.9. The highest BCUT2D eigenvalue weighted by Gasteiger charge is 2.30. The Balaban J connectivity index is 1.44. The van der Waals surface area contributed by atoms with Gasteiger partial charge in [0, 0.05) is 63.8 Å². The van der Waals surface area contributed by atoms with Gasteiger partial charge in [0.25, 0.3) is 0 Å². The molecule has 3 aromatic rings. The fourth-order valence-corrected chi connectivity index (χ4v) is 3.56. The summed E-state index contributed by atoms with van der Waals surface area (Å²) in [6.45, 7) is 3.76. The molecule has 1 aliphatic heterocycles. The van der Waals surface area contributed by atoms with Crippen molar-refractivity contribution in [1.29, 1.82) is 0 Å². The molecular formula is C18H23N7O. The van der Waals surface area contributed by atoms with Gasteiger partial charge in [-0.2, -0.15) is 5.10 Å². The maximum absolute atomic E-state index is 5.99. The van der Waals surface area contributed by atoms with Crippen molar-refractivity contribution in [2.45, 2.75) is 25.6 Å². The number of fused-ring (bicyclic) bond motifs is 1. The molecule has 0 spiro atoms. The summed E-state index contributed by atoms with van der Waals surface area (Å²) in [6, 6.07) is 3.96. The van der Waals surface area contributed by atoms with Gasteiger partial charge in [-0.1, -0.05) is 11.3 Å². The molecule has 136 valence electrons. The van der Waals surface area contributed by atoms with Crippen LogP contribution in [0.15, 0.2) is 36.9 Å². The van der Waals surface area contributed by atoms with E-state index in [1.165, 1.54) is 11.3 Å². The highest BCUT2D eigenvalue weighted by molar-refractivity contribution is 5.20. The molecule has 1 aliphatic rings. The molecule has 1 atom stereocenters. The molecule has 0 aromatic carbocycles. The molecule has 0 amide bonds. The number of aromatic nitrogens is 6. The smallest absolute Gasteiger partial charge is 0.100 e. The molecule has 3 aromatic heterocycles. The number of nitrogens with zero attached hydrogens (tertiary/aromatic N) is 7. The van der Waals surface area contributed by atoms with Crippen LogP contribution in [0.2, 0.25) is 0 Å². The van der Waals surface area contributed by atoms with Crippen LogP contribution in [-0.4, -0.2) is 47.8 Å². The predicted octanol–water partition coefficient (Wildman–Crippen LogP) is 1.26. The summed E-state index contributed by atoms with van der Waals surface area (Å²) >= 11 is 0. The van der Waals surface area contributed by atoms with Crippen molar-refractivity contribution < 1.29 is 4.74 Å². The van der Waals surface area contributed by atoms with Gasteiger partial charge in [-0.3, -0.25) is 19.2 Å². The Morgan fingerprint density at radius 2 is 2.15 bits per heavy atom. The predicted molar refractivity (Wildman–Crippen MR) is 95.0 cm³/mol. The van der Waals surface area contributed by atoms with E-state index in [-0.39, 0.29) is 5.92 Å². The van der Waals surface area contributed by atoms with Crippen LogP contribution in [0.3, 0.4) is 0 Å². The van der Waals surface area contributed by atoms with Gasteiger partial charge >= 0.3 is 0 Å². The molecule has 8 heteroatoms. The van der Waals surface area contributed by atoms with Gasteiger partial charge in [0.05, 0.1) is 25.1 Å². The Hall–Kier alpha value is -2.58. The normalized spacial score (nSPS) is 17.4. The second kappa shape index (κ2) is 7.35. The second-order valence-electron chi connectivity index (χ2n) is 6.81. The van der Waals surface area contributed by atoms with Crippen molar-refractivity contribution in [1.82, 2.24) is 34.7 Å². The fraction of sp³-hybridized carbons (Fsp3) is 0.444. The number of pyridine rings is 1. The highest BCUT2D eigenvalue weighted by Crippen LogP contribution is 2.28. The molecule has 0 saturated carbocycles. The van der Waals surface area contributed by atoms with Crippen molar-refractivity contribution >= 4 is 0 Å². The van der Waals surface area contributed by atoms with Crippen LogP contribution in [0.1, 0.15) is 28.4 Å². The third-order valence-corrected chi connectivity index (χ3v) is 4.66. The van der Waals surface area contributed by atoms with Gasteiger partial charge in [-0.05, 0) is 11.6 Å². The first-order valence-corrected chi connectivity index (χ1v) is 8.74. The molecule has 0 fully saturated rings. The summed E-state index contributed by atoms with van der Waals surface area (Å²) < 4.78 is 9.71. The maximum Gasteiger partial charge on any atom is 0.100 e. The van der Waals surface area contributed by atoms with Gasteiger partial charge in [0.1, 0.15) is 5.69 Å². The van der Waals surface area contributed by atoms with E-state index in [9.17, 15) is 0 Å². The molecule has 0 bridgehead atoms. The lowest BCUT2D eigenvalue weighted by molar-refractivity contribution is 0.0828. The number of hydrogen-bond donors (Lipinski definition) is 0. The van der Waals surface area contributed by atoms with Crippen LogP contribution < -0.4 is 0 Å². The summed E-state index contributed by atoms with van der Waals surface area (Å²) in [5, 5.41) is 12.8. The lowest BCUT2D eigenvalue weighted by atomic mass is 9.98. The summed E-state index contributed by atoms with van der Waals surface area (Å²) in [6.07, 6.45) is 7.58. The van der Waals surface area contributed by atoms with E-state index < -0.39 is 0 Å². The van der Waals surface area contributed by atoms with Crippen molar-refractivity contribution in [2.75, 3.05) is 13.2 Å². The lowest BCUT2D eigenvalue weighted by Gasteiger charge is -2.31. The fourth-order valence-electron chi connectivity index (χ4n) is 3.56. The molecular weight excluding hydrogens is 330 g/mol. The summed E-state index contributed by atoms with van der Waals surface area (Å²) in [4.78, 5) is 6.51. The van der Waals surface area contributed by atoms with Gasteiger partial charge < -0.3 is 4.74 Å². The van der Waals surface area contributed by atoms with Gasteiger partial charge in [-0.15, -0.1) is 5.10 Å². The van der Waals surface area contributed by atoms with E-state index in [0.717, 1.165) is 30.9 Å². The molecule has 0 N–H and O–H groups in total. The zero-order valence-corrected chi connectivity index (χ0v) is 15.1. The average Bonchev–Trinajstić information content (AvgIpc) is 3.22. The third kappa shape index (κ3) is 3.66. The molecule has 0 aliphatic carbocycles. The third-order valence-electron chi connectivity index (χ3n) is 4.66. The Morgan fingerprint density at radius 3 is 2.92 bits per heavy atom. The van der Waals surface area contributed by atoms with E-state index in [2.05, 4.69) is 31.5 Å². The lowest BCUT2D eigenvalue weighted by Crippen LogP contribution is -2.35. The van der Waals surface area contributed by atoms with E-state index in [1.807, 2.05) is 48.0 Å². The monoisotopic (exact) mass is 353 g/mol. The first-order chi connectivity index (χ1) is 12.7. The minimum atomic E-state index is 0.243. The standard InChI is InChI=1S/C18H23N7O/c1-23-8-15(7-20-23)9-25-10-16(18-17(11-25)21-22-24(18)2)13-26-12-14-4-3-5-19-6-14/h3-8,16H,9-13H2,1-2H3. The van der Waals surface area contributed by atoms with E-state index in [4.69, 9.17) is 4.74 Å². The van der Waals surface area contributed by atoms with Crippen molar-refractivity contribution in [3.63, 3.8) is 0 Å². The second-order valence-corrected chi connectivity index (χ2v) is 6.81. The Labute approximate surface area is 152 Å². The summed E-state index contributed by atoms with van der Waals surface area (Å²) in [5.74, 6) is 0.243. The quantitative estimate of drug-likeness (QED) is 0.664. The number of aryl methyl sites for hydroxylation is 2. The van der Waals surface area contributed by atoms with E-state index >= 15 is 0 Å². The number of rotatable bonds is 6. The van der Waals surface area contributed by atoms with Crippen molar-refractivity contribution in [2.24, 2.45) is 14.1 Å². The zero-order valence-electron chi connectivity index (χ0n) is 15.1. The van der Waals surface area contributed by atoms with E-state index in [1.54, 1.807) is 6.20 Å². The Morgan fingerprint density at radius 1 is 1.23 bits per heavy atom. The van der Waals surface area contributed by atoms with Crippen LogP contribution in [0.5, 0.6) is 0 Å². The first kappa shape index (κ1) is 16.9. The van der Waals surface area contributed by atoms with Gasteiger partial charge in [0.2, 0.25) is 0 Å². The Bertz CT molecular complexity index is 858. The average molecular weight is 353 g/mol. The molecule has 1 unspecified atom stereocenters. The van der Waals surface area contributed by atoms with Crippen molar-refractivity contribution in [3.8, 4) is 0 Å². The van der Waals surface area contributed by atoms with Crippen LogP contribution >= 0.6 is 0 Å². The molecule has 8 nitrogen and oxygen atoms in total. The Kier molecular flexibility index (Phi) is 4.77. The van der Waals surface area contributed by atoms with Crippen molar-refractivity contribution in [3.05, 3.63) is 59.4 Å². The minimum absolute atomic E-state index is 0.243. The molecule has 0 saturated heterocycles. The first-order valence-electron chi connectivity index (χ1n) is 8.74. The maximum atomic E-state index is 5.99. The van der Waals surface area contributed by atoms with Gasteiger partial charge in [-0.25, -0.2) is 0 Å². The molecule has 4 heterocycles. The van der Waals surface area contributed by atoms with Crippen LogP contribution in [0.25, 0.3) is 0 Å². The largest absolute Gasteiger partial charge is 0.376 e. The van der Waals surface area contributed by atoms with Crippen LogP contribution in [0.4, 0.5) is 0 Å². The molecule has 26 heavy (non-hydrogen) atoms. The van der Waals surface area contributed by atoms with Gasteiger partial charge in [0.15, 0.2) is 0 Å². The van der Waals surface area contributed by atoms with Crippen LogP contribution in [0, 0.1) is 0 Å². The minimum Gasteiger partial charge on any atom is -0.376 e. The summed E-state index contributed by atoms with van der Waals surface area (Å²) in [7, 11) is 3.90. The number of hydrogen-bond acceptors (Lipinski definition) is 6. The highest BCUT2D eigenvalue weighted by atomic mass is 16.5. The van der Waals surface area contributed by atoms with E-state index in [0.29, 0.717) is 13.2 Å². The molecule has 4 rings (SSSR count). The SMILES string of the molecule is Cn1cc(CN2Cc3nnn(C)c3C(COCc3cccnc3)C2)cn1. The summed E-state index contributed by atoms with van der Waals surface area (Å²) in [5.41, 5.74) is 4.50. The van der Waals surface area contributed by atoms with Crippen LogP contribution in [-0.2, 0) is 38.5 Å². The number of ether oxygens (including phenoxy) is 1.